The van der Waals surface area contributed by atoms with Gasteiger partial charge >= 0.3 is 0 Å². The van der Waals surface area contributed by atoms with Gasteiger partial charge in [-0.3, -0.25) is 0 Å². The lowest BCUT2D eigenvalue weighted by Crippen LogP contribution is -2.48. The molecule has 4 nitrogen and oxygen atoms in total. The van der Waals surface area contributed by atoms with Gasteiger partial charge in [0.05, 0.1) is 31.1 Å². The van der Waals surface area contributed by atoms with Gasteiger partial charge in [-0.25, -0.2) is 8.42 Å². The highest BCUT2D eigenvalue weighted by Crippen LogP contribution is 2.07. The van der Waals surface area contributed by atoms with Gasteiger partial charge in [0.15, 0.2) is 0 Å². The second kappa shape index (κ2) is 10.7. The van der Waals surface area contributed by atoms with Gasteiger partial charge in [-0.05, 0) is 36.4 Å². The first-order chi connectivity index (χ1) is 10.8. The normalized spacial score (nSPS) is 10.8. The van der Waals surface area contributed by atoms with Crippen molar-refractivity contribution < 1.29 is 17.5 Å². The molecule has 0 aliphatic rings. The van der Waals surface area contributed by atoms with Crippen LogP contribution in [0.2, 0.25) is 0 Å². The Morgan fingerprint density at radius 2 is 1.17 bits per heavy atom. The van der Waals surface area contributed by atoms with E-state index in [0.717, 1.165) is 30.7 Å². The van der Waals surface area contributed by atoms with E-state index in [1.54, 1.807) is 6.07 Å². The van der Waals surface area contributed by atoms with Crippen molar-refractivity contribution in [3.8, 4) is 0 Å². The Bertz CT molecular complexity index is 561. The first-order valence-corrected chi connectivity index (χ1v) is 8.55. The highest BCUT2D eigenvalue weighted by atomic mass is 32.2. The third-order valence-electron chi connectivity index (χ3n) is 3.10. The zero-order chi connectivity index (χ0) is 17.8. The Morgan fingerprint density at radius 3 is 1.39 bits per heavy atom. The van der Waals surface area contributed by atoms with Crippen LogP contribution in [0.4, 0.5) is 0 Å². The molecular weight excluding hydrogens is 310 g/mol. The van der Waals surface area contributed by atoms with Crippen molar-refractivity contribution in [2.75, 3.05) is 26.2 Å². The maximum Gasteiger partial charge on any atom is 0.124 e. The molecule has 5 heteroatoms. The lowest BCUT2D eigenvalue weighted by atomic mass is 10.3. The number of hydrogen-bond donors (Lipinski definition) is 0. The summed E-state index contributed by atoms with van der Waals surface area (Å²) >= 11 is 0. The van der Waals surface area contributed by atoms with Gasteiger partial charge < -0.3 is 9.04 Å². The van der Waals surface area contributed by atoms with Gasteiger partial charge in [-0.15, -0.1) is 0 Å². The predicted molar refractivity (Wildman–Crippen MR) is 94.9 cm³/mol. The van der Waals surface area contributed by atoms with Crippen LogP contribution in [0.25, 0.3) is 0 Å². The third-order valence-corrected chi connectivity index (χ3v) is 3.95. The molecule has 0 fully saturated rings. The standard InChI is InChI=1S/C12H20N.C6H6O3S/c1-5-9-13(10-6-2,11-7-3)12-8-4;7-10(8,9)6-4-2-1-3-5-6/h5-8H,1-4,9-12H2;1-5H,(H,7,8,9)/q+1;/p-1. The largest absolute Gasteiger partial charge is 0.744 e. The van der Waals surface area contributed by atoms with E-state index >= 15 is 0 Å². The molecule has 0 aromatic heterocycles. The van der Waals surface area contributed by atoms with Crippen molar-refractivity contribution in [2.45, 2.75) is 4.90 Å². The maximum absolute atomic E-state index is 10.3. The van der Waals surface area contributed by atoms with Gasteiger partial charge in [0, 0.05) is 0 Å². The number of nitrogens with zero attached hydrogens (tertiary/aromatic N) is 1. The fourth-order valence-corrected chi connectivity index (χ4v) is 2.62. The summed E-state index contributed by atoms with van der Waals surface area (Å²) in [5.74, 6) is 0. The molecule has 1 aromatic rings. The highest BCUT2D eigenvalue weighted by Gasteiger charge is 2.20. The highest BCUT2D eigenvalue weighted by molar-refractivity contribution is 7.85. The summed E-state index contributed by atoms with van der Waals surface area (Å²) in [4.78, 5) is -0.185. The number of benzene rings is 1. The molecule has 0 amide bonds. The van der Waals surface area contributed by atoms with E-state index in [9.17, 15) is 13.0 Å². The van der Waals surface area contributed by atoms with Crippen LogP contribution in [0.3, 0.4) is 0 Å². The van der Waals surface area contributed by atoms with Crippen LogP contribution in [0.1, 0.15) is 0 Å². The Labute approximate surface area is 140 Å². The van der Waals surface area contributed by atoms with E-state index in [1.807, 2.05) is 24.3 Å². The molecule has 0 heterocycles. The molecule has 0 unspecified atom stereocenters. The summed E-state index contributed by atoms with van der Waals surface area (Å²) in [5.41, 5.74) is 0. The minimum atomic E-state index is -4.25. The number of rotatable bonds is 9. The molecule has 1 rings (SSSR count). The third kappa shape index (κ3) is 8.30. The van der Waals surface area contributed by atoms with Gasteiger partial charge in [0.1, 0.15) is 10.1 Å². The lowest BCUT2D eigenvalue weighted by molar-refractivity contribution is -0.906. The number of hydrogen-bond acceptors (Lipinski definition) is 3. The first kappa shape index (κ1) is 21.0. The van der Waals surface area contributed by atoms with Crippen LogP contribution in [0.15, 0.2) is 85.8 Å². The Morgan fingerprint density at radius 1 is 0.826 bits per heavy atom. The SMILES string of the molecule is C=CC[N+](CC=C)(CC=C)CC=C.O=S(=O)([O-])c1ccccc1. The summed E-state index contributed by atoms with van der Waals surface area (Å²) in [6.45, 7) is 18.8. The fourth-order valence-electron chi connectivity index (χ4n) is 2.13. The van der Waals surface area contributed by atoms with Crippen molar-refractivity contribution in [3.63, 3.8) is 0 Å². The van der Waals surface area contributed by atoms with E-state index in [-0.39, 0.29) is 4.90 Å². The van der Waals surface area contributed by atoms with Crippen LogP contribution in [-0.4, -0.2) is 43.6 Å². The van der Waals surface area contributed by atoms with Crippen molar-refractivity contribution >= 4 is 10.1 Å². The van der Waals surface area contributed by atoms with Crippen molar-refractivity contribution in [2.24, 2.45) is 0 Å². The van der Waals surface area contributed by atoms with Crippen LogP contribution in [0.5, 0.6) is 0 Å². The molecule has 0 bridgehead atoms. The summed E-state index contributed by atoms with van der Waals surface area (Å²) in [5, 5.41) is 0. The quantitative estimate of drug-likeness (QED) is 0.396. The minimum absolute atomic E-state index is 0.185. The van der Waals surface area contributed by atoms with Crippen LogP contribution in [-0.2, 0) is 10.1 Å². The average Bonchev–Trinajstić information content (AvgIpc) is 2.49. The van der Waals surface area contributed by atoms with Crippen molar-refractivity contribution in [1.82, 2.24) is 0 Å². The molecule has 0 atom stereocenters. The molecule has 126 valence electrons. The molecule has 0 spiro atoms. The van der Waals surface area contributed by atoms with Gasteiger partial charge in [0.2, 0.25) is 0 Å². The second-order valence-corrected chi connectivity index (χ2v) is 6.37. The van der Waals surface area contributed by atoms with Gasteiger partial charge in [-0.1, -0.05) is 44.5 Å². The number of quaternary nitrogens is 1. The zero-order valence-electron chi connectivity index (χ0n) is 13.4. The van der Waals surface area contributed by atoms with Crippen LogP contribution < -0.4 is 0 Å². The van der Waals surface area contributed by atoms with E-state index in [4.69, 9.17) is 0 Å². The average molecular weight is 335 g/mol. The molecule has 1 aromatic carbocycles. The summed E-state index contributed by atoms with van der Waals surface area (Å²) in [6, 6.07) is 7.19. The Balaban J connectivity index is 0.000000433. The van der Waals surface area contributed by atoms with Gasteiger partial charge in [-0.2, -0.15) is 0 Å². The second-order valence-electron chi connectivity index (χ2n) is 4.99. The van der Waals surface area contributed by atoms with Crippen molar-refractivity contribution in [3.05, 3.63) is 81.0 Å². The topological polar surface area (TPSA) is 57.2 Å². The molecule has 0 saturated heterocycles. The Kier molecular flexibility index (Phi) is 9.81. The molecule has 0 radical (unpaired) electrons. The van der Waals surface area contributed by atoms with E-state index in [1.165, 1.54) is 24.3 Å². The van der Waals surface area contributed by atoms with Crippen molar-refractivity contribution in [1.29, 1.82) is 0 Å². The zero-order valence-corrected chi connectivity index (χ0v) is 14.2. The monoisotopic (exact) mass is 335 g/mol. The molecule has 23 heavy (non-hydrogen) atoms. The summed E-state index contributed by atoms with van der Waals surface area (Å²) in [7, 11) is -4.25. The fraction of sp³-hybridized carbons (Fsp3) is 0.222. The van der Waals surface area contributed by atoms with E-state index in [0.29, 0.717) is 0 Å². The van der Waals surface area contributed by atoms with E-state index < -0.39 is 10.1 Å². The Hall–Kier alpha value is -1.95. The van der Waals surface area contributed by atoms with Gasteiger partial charge in [0.25, 0.3) is 0 Å². The van der Waals surface area contributed by atoms with E-state index in [2.05, 4.69) is 26.3 Å². The molecule has 0 saturated carbocycles. The summed E-state index contributed by atoms with van der Waals surface area (Å²) in [6.07, 6.45) is 7.76. The minimum Gasteiger partial charge on any atom is -0.744 e. The first-order valence-electron chi connectivity index (χ1n) is 7.15. The maximum atomic E-state index is 10.3. The predicted octanol–water partition coefficient (Wildman–Crippen LogP) is 3.14. The molecule has 0 N–H and O–H groups in total. The smallest absolute Gasteiger partial charge is 0.124 e. The van der Waals surface area contributed by atoms with Crippen LogP contribution >= 0.6 is 0 Å². The summed E-state index contributed by atoms with van der Waals surface area (Å²) < 4.78 is 31.7. The molecule has 0 aliphatic heterocycles. The molecular formula is C18H25NO3S. The lowest BCUT2D eigenvalue weighted by Gasteiger charge is -2.35. The molecule has 0 aliphatic carbocycles. The van der Waals surface area contributed by atoms with Crippen LogP contribution in [0, 0.1) is 0 Å².